The summed E-state index contributed by atoms with van der Waals surface area (Å²) in [7, 11) is 7.71. The lowest BCUT2D eigenvalue weighted by molar-refractivity contribution is -0.145. The summed E-state index contributed by atoms with van der Waals surface area (Å²) in [5, 5.41) is 8.73. The van der Waals surface area contributed by atoms with Crippen molar-refractivity contribution < 1.29 is 33.3 Å². The lowest BCUT2D eigenvalue weighted by Crippen LogP contribution is -2.53. The first kappa shape index (κ1) is 28.9. The highest BCUT2D eigenvalue weighted by Crippen LogP contribution is 2.39. The molecule has 1 aliphatic heterocycles. The van der Waals surface area contributed by atoms with Crippen LogP contribution in [-0.2, 0) is 30.3 Å². The fourth-order valence-electron chi connectivity index (χ4n) is 4.62. The first-order chi connectivity index (χ1) is 18.4. The molecule has 3 N–H and O–H groups in total. The zero-order valence-electron chi connectivity index (χ0n) is 22.6. The molecule has 0 saturated carbocycles. The molecule has 10 nitrogen and oxygen atoms in total. The van der Waals surface area contributed by atoms with E-state index in [1.54, 1.807) is 40.5 Å². The normalized spacial score (nSPS) is 19.6. The van der Waals surface area contributed by atoms with Gasteiger partial charge in [-0.15, -0.1) is 0 Å². The number of esters is 1. The van der Waals surface area contributed by atoms with Gasteiger partial charge in [0, 0.05) is 31.3 Å². The molecule has 1 heterocycles. The van der Waals surface area contributed by atoms with Crippen LogP contribution in [0.4, 0.5) is 0 Å². The van der Waals surface area contributed by atoms with Crippen LogP contribution in [0.3, 0.4) is 0 Å². The number of carbonyl (C=O) groups is 3. The number of fused-ring (bicyclic) bond motifs is 5. The molecule has 2 aromatic carbocycles. The number of benzene rings is 2. The average Bonchev–Trinajstić information content (AvgIpc) is 2.93. The molecule has 2 aromatic rings. The van der Waals surface area contributed by atoms with Crippen molar-refractivity contribution in [3.8, 4) is 22.6 Å². The number of methoxy groups -OCH3 is 4. The second kappa shape index (κ2) is 13.8. The SMILES string of the molecule is CN[C@@H]1C(=O)N[C@@H](CCCCOC)C(=O)N[C@H](C(=O)OC)Cc2ccc(OC)c(c2)-c2cc1ccc2OC. The Kier molecular flexibility index (Phi) is 10.5. The minimum atomic E-state index is -0.955. The lowest BCUT2D eigenvalue weighted by Gasteiger charge is -2.26. The molecule has 0 fully saturated rings. The van der Waals surface area contributed by atoms with Gasteiger partial charge in [-0.05, 0) is 61.7 Å². The summed E-state index contributed by atoms with van der Waals surface area (Å²) in [6.45, 7) is 0.542. The number of nitrogens with one attached hydrogen (secondary N) is 3. The monoisotopic (exact) mass is 527 g/mol. The predicted molar refractivity (Wildman–Crippen MR) is 142 cm³/mol. The number of hydrogen-bond donors (Lipinski definition) is 3. The molecule has 206 valence electrons. The Balaban J connectivity index is 2.15. The van der Waals surface area contributed by atoms with Crippen LogP contribution in [-0.4, -0.2) is 72.0 Å². The van der Waals surface area contributed by atoms with Gasteiger partial charge in [0.05, 0.1) is 21.3 Å². The third-order valence-corrected chi connectivity index (χ3v) is 6.63. The number of likely N-dealkylation sites (N-methyl/N-ethyl adjacent to an activating group) is 1. The number of hydrogen-bond acceptors (Lipinski definition) is 8. The van der Waals surface area contributed by atoms with Crippen molar-refractivity contribution in [2.45, 2.75) is 43.8 Å². The maximum atomic E-state index is 13.5. The third-order valence-electron chi connectivity index (χ3n) is 6.63. The van der Waals surface area contributed by atoms with E-state index in [1.165, 1.54) is 7.11 Å². The van der Waals surface area contributed by atoms with Crippen molar-refractivity contribution >= 4 is 17.8 Å². The van der Waals surface area contributed by atoms with Crippen molar-refractivity contribution in [3.05, 3.63) is 47.5 Å². The largest absolute Gasteiger partial charge is 0.496 e. The molecule has 0 spiro atoms. The Labute approximate surface area is 223 Å². The number of unbranched alkanes of at least 4 members (excludes halogenated alkanes) is 1. The number of amides is 2. The Morgan fingerprint density at radius 3 is 2.24 bits per heavy atom. The number of carbonyl (C=O) groups excluding carboxylic acids is 3. The van der Waals surface area contributed by atoms with Crippen LogP contribution in [0.5, 0.6) is 11.5 Å². The molecular weight excluding hydrogens is 490 g/mol. The Morgan fingerprint density at radius 2 is 1.61 bits per heavy atom. The van der Waals surface area contributed by atoms with E-state index < -0.39 is 30.0 Å². The number of rotatable bonds is 9. The van der Waals surface area contributed by atoms with Crippen LogP contribution in [0.25, 0.3) is 11.1 Å². The van der Waals surface area contributed by atoms with E-state index in [9.17, 15) is 14.4 Å². The van der Waals surface area contributed by atoms with Crippen LogP contribution in [0.1, 0.15) is 36.4 Å². The molecule has 3 rings (SSSR count). The number of ether oxygens (including phenoxy) is 4. The Bertz CT molecular complexity index is 1140. The Hall–Kier alpha value is -3.63. The van der Waals surface area contributed by atoms with Crippen molar-refractivity contribution in [1.29, 1.82) is 0 Å². The third kappa shape index (κ3) is 6.81. The van der Waals surface area contributed by atoms with Gasteiger partial charge in [0.25, 0.3) is 0 Å². The summed E-state index contributed by atoms with van der Waals surface area (Å²) in [5.74, 6) is -0.220. The Morgan fingerprint density at radius 1 is 0.921 bits per heavy atom. The molecular formula is C28H37N3O7. The molecule has 2 amide bonds. The maximum absolute atomic E-state index is 13.5. The van der Waals surface area contributed by atoms with E-state index in [2.05, 4.69) is 16.0 Å². The molecule has 38 heavy (non-hydrogen) atoms. The maximum Gasteiger partial charge on any atom is 0.328 e. The molecule has 0 saturated heterocycles. The highest BCUT2D eigenvalue weighted by molar-refractivity contribution is 5.93. The zero-order valence-corrected chi connectivity index (χ0v) is 22.6. The van der Waals surface area contributed by atoms with Crippen LogP contribution in [0, 0.1) is 0 Å². The second-order valence-electron chi connectivity index (χ2n) is 9.05. The highest BCUT2D eigenvalue weighted by Gasteiger charge is 2.31. The van der Waals surface area contributed by atoms with Gasteiger partial charge in [0.1, 0.15) is 29.6 Å². The van der Waals surface area contributed by atoms with Gasteiger partial charge in [0.2, 0.25) is 11.8 Å². The van der Waals surface area contributed by atoms with Gasteiger partial charge in [-0.3, -0.25) is 9.59 Å². The second-order valence-corrected chi connectivity index (χ2v) is 9.05. The van der Waals surface area contributed by atoms with E-state index in [-0.39, 0.29) is 12.3 Å². The summed E-state index contributed by atoms with van der Waals surface area (Å²) in [5.41, 5.74) is 2.92. The summed E-state index contributed by atoms with van der Waals surface area (Å²) in [4.78, 5) is 39.5. The van der Waals surface area contributed by atoms with Crippen LogP contribution >= 0.6 is 0 Å². The van der Waals surface area contributed by atoms with E-state index in [4.69, 9.17) is 18.9 Å². The molecule has 3 atom stereocenters. The summed E-state index contributed by atoms with van der Waals surface area (Å²) >= 11 is 0. The van der Waals surface area contributed by atoms with E-state index in [0.717, 1.165) is 23.1 Å². The van der Waals surface area contributed by atoms with Crippen molar-refractivity contribution in [1.82, 2.24) is 16.0 Å². The first-order valence-electron chi connectivity index (χ1n) is 12.6. The van der Waals surface area contributed by atoms with Gasteiger partial charge in [0.15, 0.2) is 0 Å². The quantitative estimate of drug-likeness (QED) is 0.335. The van der Waals surface area contributed by atoms with Gasteiger partial charge in [-0.25, -0.2) is 4.79 Å². The van der Waals surface area contributed by atoms with Crippen LogP contribution in [0.2, 0.25) is 0 Å². The van der Waals surface area contributed by atoms with Crippen molar-refractivity contribution in [2.75, 3.05) is 42.1 Å². The van der Waals surface area contributed by atoms with E-state index in [0.29, 0.717) is 36.5 Å². The zero-order chi connectivity index (χ0) is 27.7. The molecule has 4 bridgehead atoms. The molecule has 0 unspecified atom stereocenters. The average molecular weight is 528 g/mol. The summed E-state index contributed by atoms with van der Waals surface area (Å²) in [6.07, 6.45) is 1.93. The van der Waals surface area contributed by atoms with Crippen molar-refractivity contribution in [2.24, 2.45) is 0 Å². The first-order valence-corrected chi connectivity index (χ1v) is 12.6. The van der Waals surface area contributed by atoms with E-state index >= 15 is 0 Å². The molecule has 0 radical (unpaired) electrons. The van der Waals surface area contributed by atoms with Gasteiger partial charge < -0.3 is 34.9 Å². The van der Waals surface area contributed by atoms with Gasteiger partial charge in [-0.2, -0.15) is 0 Å². The minimum Gasteiger partial charge on any atom is -0.496 e. The van der Waals surface area contributed by atoms with Gasteiger partial charge in [-0.1, -0.05) is 12.1 Å². The molecule has 1 aliphatic rings. The fourth-order valence-corrected chi connectivity index (χ4v) is 4.62. The van der Waals surface area contributed by atoms with Crippen LogP contribution in [0.15, 0.2) is 36.4 Å². The molecule has 10 heteroatoms. The molecule has 0 aliphatic carbocycles. The smallest absolute Gasteiger partial charge is 0.328 e. The standard InChI is InChI=1S/C28H37N3O7/c1-29-25-18-10-12-24(37-4)20(16-18)19-14-17(9-11-23(19)36-3)15-22(28(34)38-5)31-26(32)21(30-27(25)33)8-6-7-13-35-2/h9-12,14,16,21-22,25,29H,6-8,13,15H2,1-5H3,(H,30,33)(H,31,32)/t21-,22-,25-/m0/s1. The topological polar surface area (TPSA) is 124 Å². The van der Waals surface area contributed by atoms with E-state index in [1.807, 2.05) is 24.3 Å². The predicted octanol–water partition coefficient (Wildman–Crippen LogP) is 2.15. The minimum absolute atomic E-state index is 0.181. The molecule has 0 aromatic heterocycles. The summed E-state index contributed by atoms with van der Waals surface area (Å²) < 4.78 is 21.4. The highest BCUT2D eigenvalue weighted by atomic mass is 16.5. The van der Waals surface area contributed by atoms with Crippen LogP contribution < -0.4 is 25.4 Å². The van der Waals surface area contributed by atoms with Gasteiger partial charge >= 0.3 is 5.97 Å². The summed E-state index contributed by atoms with van der Waals surface area (Å²) in [6, 6.07) is 8.47. The van der Waals surface area contributed by atoms with Crippen molar-refractivity contribution in [3.63, 3.8) is 0 Å². The lowest BCUT2D eigenvalue weighted by atomic mass is 9.94. The fraction of sp³-hybridized carbons (Fsp3) is 0.464.